The van der Waals surface area contributed by atoms with Gasteiger partial charge in [0.1, 0.15) is 24.8 Å². The molecule has 1 aliphatic heterocycles. The highest BCUT2D eigenvalue weighted by Crippen LogP contribution is 2.27. The molecule has 0 aliphatic carbocycles. The van der Waals surface area contributed by atoms with Crippen LogP contribution in [0.2, 0.25) is 5.02 Å². The summed E-state index contributed by atoms with van der Waals surface area (Å²) < 4.78 is 64.0. The topological polar surface area (TPSA) is 103 Å². The van der Waals surface area contributed by atoms with E-state index < -0.39 is 24.5 Å². The van der Waals surface area contributed by atoms with Crippen LogP contribution in [0.25, 0.3) is 11.0 Å². The van der Waals surface area contributed by atoms with Crippen molar-refractivity contribution >= 4 is 28.6 Å². The Balaban J connectivity index is 1.14. The minimum Gasteiger partial charge on any atom is -0.478 e. The lowest BCUT2D eigenvalue weighted by molar-refractivity contribution is -0.141. The Morgan fingerprint density at radius 3 is 2.62 bits per heavy atom. The Bertz CT molecular complexity index is 1830. The van der Waals surface area contributed by atoms with Crippen LogP contribution in [-0.4, -0.2) is 64.1 Å². The molecule has 1 aliphatic rings. The summed E-state index contributed by atoms with van der Waals surface area (Å²) >= 11 is 5.81. The number of hydrogen-bond acceptors (Lipinski definition) is 6. The normalized spacial score (nSPS) is 14.8. The van der Waals surface area contributed by atoms with Crippen LogP contribution in [0.5, 0.6) is 5.88 Å². The standard InChI is InChI=1S/C30H28ClF4N7O3/c31-21-3-1-20(24(32)12-21)16-45-28-7-10-42(38-28)22-5-8-39(9-6-22)15-27-37-25-4-2-19(29(43)44)11-26(25)41(27)14-23-13-36-18-40(23)17-30(33,34)35/h1-4,7,10-13,18,22H,5-6,8-9,14-17H2,(H,43,44). The van der Waals surface area contributed by atoms with Gasteiger partial charge in [0.15, 0.2) is 0 Å². The van der Waals surface area contributed by atoms with Crippen LogP contribution in [-0.2, 0) is 26.2 Å². The Kier molecular flexibility index (Phi) is 8.51. The minimum atomic E-state index is -4.42. The van der Waals surface area contributed by atoms with Gasteiger partial charge in [0.2, 0.25) is 5.88 Å². The Labute approximate surface area is 259 Å². The molecular formula is C30H28ClF4N7O3. The highest BCUT2D eigenvalue weighted by Gasteiger charge is 2.29. The Morgan fingerprint density at radius 2 is 1.89 bits per heavy atom. The second-order valence-corrected chi connectivity index (χ2v) is 11.4. The summed E-state index contributed by atoms with van der Waals surface area (Å²) in [5.74, 6) is -0.572. The lowest BCUT2D eigenvalue weighted by atomic mass is 10.1. The van der Waals surface area contributed by atoms with Crippen molar-refractivity contribution in [2.75, 3.05) is 13.1 Å². The van der Waals surface area contributed by atoms with E-state index in [1.54, 1.807) is 28.8 Å². The summed E-state index contributed by atoms with van der Waals surface area (Å²) in [5.41, 5.74) is 1.82. The molecular weight excluding hydrogens is 618 g/mol. The van der Waals surface area contributed by atoms with Gasteiger partial charge in [0.05, 0.1) is 47.7 Å². The number of rotatable bonds is 10. The SMILES string of the molecule is O=C(O)c1ccc2nc(CN3CCC(n4ccc(OCc5ccc(Cl)cc5F)n4)CC3)n(Cc3cncn3CC(F)(F)F)c2c1. The fraction of sp³-hybridized carbons (Fsp3) is 0.333. The molecule has 0 saturated carbocycles. The molecule has 0 amide bonds. The molecule has 236 valence electrons. The third-order valence-electron chi connectivity index (χ3n) is 7.81. The van der Waals surface area contributed by atoms with E-state index in [1.165, 1.54) is 24.4 Å². The first-order valence-electron chi connectivity index (χ1n) is 14.1. The van der Waals surface area contributed by atoms with Gasteiger partial charge in [-0.15, -0.1) is 5.10 Å². The van der Waals surface area contributed by atoms with Crippen molar-refractivity contribution in [1.29, 1.82) is 0 Å². The molecule has 6 rings (SSSR count). The zero-order valence-corrected chi connectivity index (χ0v) is 24.5. The minimum absolute atomic E-state index is 0.0183. The van der Waals surface area contributed by atoms with Crippen LogP contribution < -0.4 is 4.74 Å². The van der Waals surface area contributed by atoms with Crippen molar-refractivity contribution in [1.82, 2.24) is 33.8 Å². The number of aromatic carboxylic acids is 1. The fourth-order valence-corrected chi connectivity index (χ4v) is 5.67. The number of piperidine rings is 1. The molecule has 2 aromatic carbocycles. The first-order chi connectivity index (χ1) is 21.5. The largest absolute Gasteiger partial charge is 0.478 e. The van der Waals surface area contributed by atoms with Crippen LogP contribution in [0.4, 0.5) is 17.6 Å². The molecule has 1 N–H and O–H groups in total. The van der Waals surface area contributed by atoms with Crippen molar-refractivity contribution in [2.24, 2.45) is 0 Å². The fourth-order valence-electron chi connectivity index (χ4n) is 5.51. The molecule has 15 heteroatoms. The molecule has 1 fully saturated rings. The number of aromatic nitrogens is 6. The van der Waals surface area contributed by atoms with Gasteiger partial charge in [0.25, 0.3) is 0 Å². The summed E-state index contributed by atoms with van der Waals surface area (Å²) in [5, 5.41) is 14.4. The molecule has 45 heavy (non-hydrogen) atoms. The van der Waals surface area contributed by atoms with Crippen LogP contribution in [0, 0.1) is 5.82 Å². The van der Waals surface area contributed by atoms with E-state index in [4.69, 9.17) is 21.3 Å². The predicted molar refractivity (Wildman–Crippen MR) is 156 cm³/mol. The van der Waals surface area contributed by atoms with Crippen LogP contribution in [0.3, 0.4) is 0 Å². The maximum Gasteiger partial charge on any atom is 0.406 e. The second kappa shape index (κ2) is 12.5. The lowest BCUT2D eigenvalue weighted by Crippen LogP contribution is -2.35. The van der Waals surface area contributed by atoms with Crippen molar-refractivity contribution in [2.45, 2.75) is 51.3 Å². The third kappa shape index (κ3) is 7.12. The number of likely N-dealkylation sites (tertiary alicyclic amines) is 1. The summed E-state index contributed by atoms with van der Waals surface area (Å²) in [4.78, 5) is 22.5. The molecule has 0 spiro atoms. The van der Waals surface area contributed by atoms with E-state index in [0.29, 0.717) is 58.7 Å². The number of imidazole rings is 2. The van der Waals surface area contributed by atoms with Gasteiger partial charge >= 0.3 is 12.1 Å². The number of carboxylic acids is 1. The van der Waals surface area contributed by atoms with Gasteiger partial charge in [-0.1, -0.05) is 17.7 Å². The maximum atomic E-state index is 14.1. The Morgan fingerprint density at radius 1 is 1.09 bits per heavy atom. The van der Waals surface area contributed by atoms with Crippen LogP contribution >= 0.6 is 11.6 Å². The number of alkyl halides is 3. The molecule has 4 heterocycles. The summed E-state index contributed by atoms with van der Waals surface area (Å²) in [6.45, 7) is 0.689. The Hall–Kier alpha value is -4.43. The molecule has 0 radical (unpaired) electrons. The highest BCUT2D eigenvalue weighted by molar-refractivity contribution is 6.30. The van der Waals surface area contributed by atoms with Crippen molar-refractivity contribution in [3.05, 3.63) is 94.7 Å². The molecule has 3 aromatic heterocycles. The first kappa shape index (κ1) is 30.6. The average Bonchev–Trinajstić information content (AvgIpc) is 3.72. The lowest BCUT2D eigenvalue weighted by Gasteiger charge is -2.31. The van der Waals surface area contributed by atoms with Gasteiger partial charge in [-0.2, -0.15) is 13.2 Å². The van der Waals surface area contributed by atoms with E-state index in [0.717, 1.165) is 23.7 Å². The highest BCUT2D eigenvalue weighted by atomic mass is 35.5. The number of halogens is 5. The van der Waals surface area contributed by atoms with E-state index in [9.17, 15) is 27.5 Å². The number of benzene rings is 2. The van der Waals surface area contributed by atoms with Crippen molar-refractivity contribution in [3.63, 3.8) is 0 Å². The van der Waals surface area contributed by atoms with E-state index in [1.807, 2.05) is 10.9 Å². The van der Waals surface area contributed by atoms with Gasteiger partial charge in [-0.25, -0.2) is 19.2 Å². The second-order valence-electron chi connectivity index (χ2n) is 10.9. The molecule has 10 nitrogen and oxygen atoms in total. The third-order valence-corrected chi connectivity index (χ3v) is 8.05. The smallest absolute Gasteiger partial charge is 0.406 e. The molecule has 0 bridgehead atoms. The number of ether oxygens (including phenoxy) is 1. The molecule has 5 aromatic rings. The van der Waals surface area contributed by atoms with Crippen LogP contribution in [0.15, 0.2) is 61.2 Å². The predicted octanol–water partition coefficient (Wildman–Crippen LogP) is 5.95. The van der Waals surface area contributed by atoms with Gasteiger partial charge in [-0.05, 0) is 43.2 Å². The summed E-state index contributed by atoms with van der Waals surface area (Å²) in [6.07, 6.45) is 1.46. The van der Waals surface area contributed by atoms with Crippen molar-refractivity contribution in [3.8, 4) is 5.88 Å². The molecule has 0 atom stereocenters. The maximum absolute atomic E-state index is 14.1. The number of nitrogens with zero attached hydrogens (tertiary/aromatic N) is 7. The van der Waals surface area contributed by atoms with Crippen molar-refractivity contribution < 1.29 is 32.2 Å². The van der Waals surface area contributed by atoms with E-state index >= 15 is 0 Å². The quantitative estimate of drug-likeness (QED) is 0.187. The number of carboxylic acid groups (broad SMARTS) is 1. The summed E-state index contributed by atoms with van der Waals surface area (Å²) in [7, 11) is 0. The zero-order valence-electron chi connectivity index (χ0n) is 23.8. The monoisotopic (exact) mass is 645 g/mol. The molecule has 1 saturated heterocycles. The zero-order chi connectivity index (χ0) is 31.7. The van der Waals surface area contributed by atoms with E-state index in [2.05, 4.69) is 15.0 Å². The van der Waals surface area contributed by atoms with Crippen LogP contribution in [0.1, 0.15) is 46.3 Å². The molecule has 0 unspecified atom stereocenters. The van der Waals surface area contributed by atoms with Gasteiger partial charge in [0, 0.05) is 42.1 Å². The average molecular weight is 646 g/mol. The first-order valence-corrected chi connectivity index (χ1v) is 14.5. The number of hydrogen-bond donors (Lipinski definition) is 1. The van der Waals surface area contributed by atoms with E-state index in [-0.39, 0.29) is 24.8 Å². The summed E-state index contributed by atoms with van der Waals surface area (Å²) in [6, 6.07) is 10.8. The van der Waals surface area contributed by atoms with Gasteiger partial charge < -0.3 is 19.0 Å². The van der Waals surface area contributed by atoms with Gasteiger partial charge in [-0.3, -0.25) is 9.58 Å². The number of fused-ring (bicyclic) bond motifs is 1. The number of carbonyl (C=O) groups is 1.